The number of likely N-dealkylation sites (tertiary alicyclic amines) is 1. The van der Waals surface area contributed by atoms with Gasteiger partial charge in [0.15, 0.2) is 0 Å². The van der Waals surface area contributed by atoms with Crippen LogP contribution in [0, 0.1) is 5.92 Å². The van der Waals surface area contributed by atoms with Crippen LogP contribution in [0.1, 0.15) is 26.2 Å². The van der Waals surface area contributed by atoms with E-state index in [4.69, 9.17) is 23.1 Å². The minimum Gasteiger partial charge on any atom is -0.396 e. The molecule has 0 amide bonds. The summed E-state index contributed by atoms with van der Waals surface area (Å²) >= 11 is 4.90. The van der Waals surface area contributed by atoms with Gasteiger partial charge in [0.25, 0.3) is 0 Å². The highest BCUT2D eigenvalue weighted by Crippen LogP contribution is 2.18. The van der Waals surface area contributed by atoms with Crippen molar-refractivity contribution in [2.75, 3.05) is 19.7 Å². The molecule has 0 radical (unpaired) electrons. The van der Waals surface area contributed by atoms with Gasteiger partial charge in [-0.2, -0.15) is 0 Å². The Morgan fingerprint density at radius 3 is 3.00 bits per heavy atom. The van der Waals surface area contributed by atoms with Crippen molar-refractivity contribution >= 4 is 17.2 Å². The monoisotopic (exact) mass is 216 g/mol. The summed E-state index contributed by atoms with van der Waals surface area (Å²) in [5, 5.41) is 9.10. The molecule has 2 unspecified atom stereocenters. The molecule has 0 aromatic heterocycles. The molecular weight excluding hydrogens is 196 g/mol. The van der Waals surface area contributed by atoms with Crippen molar-refractivity contribution < 1.29 is 5.11 Å². The van der Waals surface area contributed by atoms with E-state index in [-0.39, 0.29) is 0 Å². The van der Waals surface area contributed by atoms with Gasteiger partial charge in [0.2, 0.25) is 0 Å². The lowest BCUT2D eigenvalue weighted by Crippen LogP contribution is -2.43. The van der Waals surface area contributed by atoms with Crippen LogP contribution in [0.2, 0.25) is 0 Å². The maximum absolute atomic E-state index is 9.10. The molecule has 1 fully saturated rings. The molecule has 1 aliphatic heterocycles. The normalized spacial score (nSPS) is 26.0. The molecular formula is C10H20N2OS. The summed E-state index contributed by atoms with van der Waals surface area (Å²) in [5.41, 5.74) is 5.52. The Bertz CT molecular complexity index is 199. The summed E-state index contributed by atoms with van der Waals surface area (Å²) in [4.78, 5) is 2.97. The summed E-state index contributed by atoms with van der Waals surface area (Å²) in [6.07, 6.45) is 3.10. The summed E-state index contributed by atoms with van der Waals surface area (Å²) in [6.45, 7) is 4.55. The third-order valence-electron chi connectivity index (χ3n) is 2.93. The van der Waals surface area contributed by atoms with Crippen LogP contribution in [0.5, 0.6) is 0 Å². The van der Waals surface area contributed by atoms with E-state index in [0.717, 1.165) is 25.9 Å². The SMILES string of the molecule is CC(CC(N)=S)N1CCCC(CO)C1. The van der Waals surface area contributed by atoms with Gasteiger partial charge in [-0.25, -0.2) is 0 Å². The second-order valence-corrected chi connectivity index (χ2v) is 4.73. The third-order valence-corrected chi connectivity index (χ3v) is 3.10. The molecule has 14 heavy (non-hydrogen) atoms. The van der Waals surface area contributed by atoms with Crippen molar-refractivity contribution in [1.82, 2.24) is 4.90 Å². The second kappa shape index (κ2) is 5.63. The smallest absolute Gasteiger partial charge is 0.0742 e. The first-order chi connectivity index (χ1) is 6.63. The van der Waals surface area contributed by atoms with Crippen LogP contribution in [0.15, 0.2) is 0 Å². The fourth-order valence-electron chi connectivity index (χ4n) is 2.07. The van der Waals surface area contributed by atoms with Crippen LogP contribution >= 0.6 is 12.2 Å². The lowest BCUT2D eigenvalue weighted by molar-refractivity contribution is 0.0958. The van der Waals surface area contributed by atoms with E-state index < -0.39 is 0 Å². The Labute approximate surface area is 91.3 Å². The van der Waals surface area contributed by atoms with Gasteiger partial charge in [-0.15, -0.1) is 0 Å². The van der Waals surface area contributed by atoms with Crippen LogP contribution < -0.4 is 5.73 Å². The molecule has 0 saturated carbocycles. The Kier molecular flexibility index (Phi) is 4.78. The van der Waals surface area contributed by atoms with Crippen molar-refractivity contribution in [3.63, 3.8) is 0 Å². The lowest BCUT2D eigenvalue weighted by atomic mass is 9.97. The summed E-state index contributed by atoms with van der Waals surface area (Å²) in [7, 11) is 0. The molecule has 1 rings (SSSR count). The quantitative estimate of drug-likeness (QED) is 0.681. The minimum atomic E-state index is 0.302. The van der Waals surface area contributed by atoms with Gasteiger partial charge in [-0.05, 0) is 32.2 Å². The van der Waals surface area contributed by atoms with Crippen molar-refractivity contribution in [3.05, 3.63) is 0 Å². The maximum atomic E-state index is 9.10. The highest BCUT2D eigenvalue weighted by molar-refractivity contribution is 7.80. The van der Waals surface area contributed by atoms with E-state index in [1.165, 1.54) is 6.42 Å². The van der Waals surface area contributed by atoms with Gasteiger partial charge in [-0.3, -0.25) is 4.90 Å². The number of piperidine rings is 1. The number of hydrogen-bond acceptors (Lipinski definition) is 3. The second-order valence-electron chi connectivity index (χ2n) is 4.21. The first-order valence-electron chi connectivity index (χ1n) is 5.26. The van der Waals surface area contributed by atoms with Crippen LogP contribution in [0.3, 0.4) is 0 Å². The fraction of sp³-hybridized carbons (Fsp3) is 0.900. The molecule has 0 bridgehead atoms. The molecule has 0 aromatic rings. The largest absolute Gasteiger partial charge is 0.396 e. The van der Waals surface area contributed by atoms with E-state index in [2.05, 4.69) is 11.8 Å². The van der Waals surface area contributed by atoms with Crippen molar-refractivity contribution in [2.24, 2.45) is 11.7 Å². The first-order valence-corrected chi connectivity index (χ1v) is 5.67. The molecule has 3 N–H and O–H groups in total. The summed E-state index contributed by atoms with van der Waals surface area (Å²) < 4.78 is 0. The van der Waals surface area contributed by atoms with Gasteiger partial charge >= 0.3 is 0 Å². The zero-order chi connectivity index (χ0) is 10.6. The molecule has 0 spiro atoms. The number of rotatable bonds is 4. The van der Waals surface area contributed by atoms with Gasteiger partial charge in [0.05, 0.1) is 4.99 Å². The first kappa shape index (κ1) is 11.9. The zero-order valence-corrected chi connectivity index (χ0v) is 9.59. The molecule has 0 aliphatic carbocycles. The number of nitrogens with zero attached hydrogens (tertiary/aromatic N) is 1. The molecule has 3 nitrogen and oxygen atoms in total. The number of aliphatic hydroxyl groups is 1. The molecule has 1 heterocycles. The molecule has 4 heteroatoms. The highest BCUT2D eigenvalue weighted by atomic mass is 32.1. The molecule has 0 aromatic carbocycles. The number of aliphatic hydroxyl groups excluding tert-OH is 1. The van der Waals surface area contributed by atoms with Gasteiger partial charge in [0, 0.05) is 25.6 Å². The van der Waals surface area contributed by atoms with Gasteiger partial charge in [0.1, 0.15) is 0 Å². The molecule has 82 valence electrons. The van der Waals surface area contributed by atoms with E-state index in [1.54, 1.807) is 0 Å². The van der Waals surface area contributed by atoms with Crippen LogP contribution in [-0.4, -0.2) is 40.7 Å². The average Bonchev–Trinajstić information content (AvgIpc) is 2.17. The van der Waals surface area contributed by atoms with E-state index in [9.17, 15) is 0 Å². The predicted octanol–water partition coefficient (Wildman–Crippen LogP) is 0.755. The molecule has 1 aliphatic rings. The van der Waals surface area contributed by atoms with Crippen molar-refractivity contribution in [3.8, 4) is 0 Å². The van der Waals surface area contributed by atoms with E-state index in [1.807, 2.05) is 0 Å². The Balaban J connectivity index is 2.38. The third kappa shape index (κ3) is 3.52. The topological polar surface area (TPSA) is 49.5 Å². The number of nitrogens with two attached hydrogens (primary N) is 1. The van der Waals surface area contributed by atoms with E-state index in [0.29, 0.717) is 23.6 Å². The zero-order valence-electron chi connectivity index (χ0n) is 8.78. The van der Waals surface area contributed by atoms with Crippen molar-refractivity contribution in [1.29, 1.82) is 0 Å². The fourth-order valence-corrected chi connectivity index (χ4v) is 2.31. The van der Waals surface area contributed by atoms with Crippen molar-refractivity contribution in [2.45, 2.75) is 32.2 Å². The Morgan fingerprint density at radius 2 is 2.43 bits per heavy atom. The Morgan fingerprint density at radius 1 is 1.71 bits per heavy atom. The summed E-state index contributed by atoms with van der Waals surface area (Å²) in [5.74, 6) is 0.442. The predicted molar refractivity (Wildman–Crippen MR) is 62.2 cm³/mol. The van der Waals surface area contributed by atoms with Crippen LogP contribution in [0.25, 0.3) is 0 Å². The molecule has 2 atom stereocenters. The lowest BCUT2D eigenvalue weighted by Gasteiger charge is -2.36. The summed E-state index contributed by atoms with van der Waals surface area (Å²) in [6, 6.07) is 0.418. The number of hydrogen-bond donors (Lipinski definition) is 2. The number of thiocarbonyl (C=S) groups is 1. The Hall–Kier alpha value is -0.190. The van der Waals surface area contributed by atoms with E-state index >= 15 is 0 Å². The highest BCUT2D eigenvalue weighted by Gasteiger charge is 2.22. The maximum Gasteiger partial charge on any atom is 0.0742 e. The van der Waals surface area contributed by atoms with Gasteiger partial charge in [-0.1, -0.05) is 12.2 Å². The standard InChI is InChI=1S/C10H20N2OS/c1-8(5-10(11)14)12-4-2-3-9(6-12)7-13/h8-9,13H,2-7H2,1H3,(H2,11,14). The van der Waals surface area contributed by atoms with Crippen LogP contribution in [0.4, 0.5) is 0 Å². The minimum absolute atomic E-state index is 0.302. The van der Waals surface area contributed by atoms with Gasteiger partial charge < -0.3 is 10.8 Å². The van der Waals surface area contributed by atoms with Crippen LogP contribution in [-0.2, 0) is 0 Å². The molecule has 1 saturated heterocycles. The average molecular weight is 216 g/mol.